The van der Waals surface area contributed by atoms with Gasteiger partial charge in [-0.1, -0.05) is 36.4 Å². The molecule has 0 radical (unpaired) electrons. The lowest BCUT2D eigenvalue weighted by atomic mass is 10.0. The average molecular weight is 431 g/mol. The molecule has 0 saturated carbocycles. The van der Waals surface area contributed by atoms with Crippen molar-refractivity contribution in [3.05, 3.63) is 63.6 Å². The number of carbonyl (C=O) groups is 1. The highest BCUT2D eigenvalue weighted by Gasteiger charge is 2.44. The summed E-state index contributed by atoms with van der Waals surface area (Å²) < 4.78 is 7.69. The molecule has 0 bridgehead atoms. The van der Waals surface area contributed by atoms with Gasteiger partial charge in [-0.2, -0.15) is 0 Å². The Morgan fingerprint density at radius 2 is 2.08 bits per heavy atom. The molecule has 1 amide bonds. The van der Waals surface area contributed by atoms with E-state index in [1.54, 1.807) is 11.3 Å². The number of ether oxygens (including phenoxy) is 1. The standard InChI is InChI=1S/C20H19BrN2O2S/c1-20(18-22-17-15(21)9-5-10-16(17)26-18)11-6-12-23(20)19(24)25-13-14-7-3-2-4-8-14/h2-5,7-10H,6,11-13H2,1H3/t20-/m0/s1. The zero-order chi connectivity index (χ0) is 18.1. The molecular weight excluding hydrogens is 412 g/mol. The highest BCUT2D eigenvalue weighted by atomic mass is 79.9. The molecule has 1 aromatic heterocycles. The van der Waals surface area contributed by atoms with Crippen LogP contribution in [0.5, 0.6) is 0 Å². The number of aromatic nitrogens is 1. The third-order valence-electron chi connectivity index (χ3n) is 4.90. The fourth-order valence-corrected chi connectivity index (χ4v) is 5.18. The number of carbonyl (C=O) groups excluding carboxylic acids is 1. The van der Waals surface area contributed by atoms with E-state index >= 15 is 0 Å². The SMILES string of the molecule is C[C@@]1(c2nc3c(Br)cccc3s2)CCCN1C(=O)OCc1ccccc1. The first-order valence-corrected chi connectivity index (χ1v) is 10.2. The summed E-state index contributed by atoms with van der Waals surface area (Å²) in [6.07, 6.45) is 1.58. The van der Waals surface area contributed by atoms with Gasteiger partial charge in [0.05, 0.1) is 15.8 Å². The van der Waals surface area contributed by atoms with Gasteiger partial charge in [0.1, 0.15) is 11.6 Å². The monoisotopic (exact) mass is 430 g/mol. The number of para-hydroxylation sites is 1. The molecule has 0 unspecified atom stereocenters. The third-order valence-corrected chi connectivity index (χ3v) is 6.81. The lowest BCUT2D eigenvalue weighted by molar-refractivity contribution is 0.0693. The van der Waals surface area contributed by atoms with Crippen LogP contribution < -0.4 is 0 Å². The van der Waals surface area contributed by atoms with Gasteiger partial charge in [-0.15, -0.1) is 11.3 Å². The molecule has 3 aromatic rings. The van der Waals surface area contributed by atoms with Gasteiger partial charge < -0.3 is 4.74 Å². The van der Waals surface area contributed by atoms with E-state index in [4.69, 9.17) is 9.72 Å². The number of benzene rings is 2. The van der Waals surface area contributed by atoms with Crippen LogP contribution in [0, 0.1) is 0 Å². The maximum atomic E-state index is 12.8. The number of rotatable bonds is 3. The van der Waals surface area contributed by atoms with Crippen LogP contribution in [0.1, 0.15) is 30.3 Å². The van der Waals surface area contributed by atoms with Gasteiger partial charge in [0, 0.05) is 11.0 Å². The van der Waals surface area contributed by atoms with E-state index in [-0.39, 0.29) is 12.7 Å². The molecular formula is C20H19BrN2O2S. The third kappa shape index (κ3) is 3.12. The number of fused-ring (bicyclic) bond motifs is 1. The van der Waals surface area contributed by atoms with Crippen LogP contribution >= 0.6 is 27.3 Å². The Morgan fingerprint density at radius 3 is 2.85 bits per heavy atom. The van der Waals surface area contributed by atoms with Crippen LogP contribution in [0.2, 0.25) is 0 Å². The van der Waals surface area contributed by atoms with Gasteiger partial charge >= 0.3 is 6.09 Å². The number of thiazole rings is 1. The van der Waals surface area contributed by atoms with Crippen molar-refractivity contribution in [1.82, 2.24) is 9.88 Å². The molecule has 134 valence electrons. The van der Waals surface area contributed by atoms with Crippen molar-refractivity contribution < 1.29 is 9.53 Å². The second-order valence-corrected chi connectivity index (χ2v) is 8.56. The Balaban J connectivity index is 1.57. The summed E-state index contributed by atoms with van der Waals surface area (Å²) in [6, 6.07) is 15.8. The number of amides is 1. The molecule has 1 saturated heterocycles. The predicted molar refractivity (Wildman–Crippen MR) is 107 cm³/mol. The van der Waals surface area contributed by atoms with Gasteiger partial charge in [-0.05, 0) is 53.4 Å². The molecule has 0 N–H and O–H groups in total. The number of hydrogen-bond donors (Lipinski definition) is 0. The predicted octanol–water partition coefficient (Wildman–Crippen LogP) is 5.71. The molecule has 1 atom stereocenters. The Kier molecular flexibility index (Phi) is 4.71. The van der Waals surface area contributed by atoms with Crippen molar-refractivity contribution in [1.29, 1.82) is 0 Å². The number of nitrogens with zero attached hydrogens (tertiary/aromatic N) is 2. The fourth-order valence-electron chi connectivity index (χ4n) is 3.42. The van der Waals surface area contributed by atoms with Gasteiger partial charge in [-0.3, -0.25) is 4.90 Å². The zero-order valence-electron chi connectivity index (χ0n) is 14.4. The lowest BCUT2D eigenvalue weighted by Crippen LogP contribution is -2.43. The summed E-state index contributed by atoms with van der Waals surface area (Å²) >= 11 is 5.22. The first kappa shape index (κ1) is 17.5. The van der Waals surface area contributed by atoms with Crippen molar-refractivity contribution in [3.63, 3.8) is 0 Å². The van der Waals surface area contributed by atoms with E-state index in [0.29, 0.717) is 6.54 Å². The summed E-state index contributed by atoms with van der Waals surface area (Å²) in [5, 5.41) is 0.966. The normalized spacial score (nSPS) is 19.8. The molecule has 0 aliphatic carbocycles. The highest BCUT2D eigenvalue weighted by Crippen LogP contribution is 2.43. The number of likely N-dealkylation sites (tertiary alicyclic amines) is 1. The minimum absolute atomic E-state index is 0.271. The zero-order valence-corrected chi connectivity index (χ0v) is 16.8. The molecule has 4 nitrogen and oxygen atoms in total. The van der Waals surface area contributed by atoms with Gasteiger partial charge in [0.2, 0.25) is 0 Å². The molecule has 0 spiro atoms. The van der Waals surface area contributed by atoms with Crippen LogP contribution in [0.15, 0.2) is 53.0 Å². The second kappa shape index (κ2) is 7.00. The topological polar surface area (TPSA) is 42.4 Å². The largest absolute Gasteiger partial charge is 0.445 e. The lowest BCUT2D eigenvalue weighted by Gasteiger charge is -2.32. The van der Waals surface area contributed by atoms with Gasteiger partial charge in [-0.25, -0.2) is 9.78 Å². The van der Waals surface area contributed by atoms with Crippen LogP contribution in [0.3, 0.4) is 0 Å². The molecule has 1 fully saturated rings. The van der Waals surface area contributed by atoms with E-state index in [1.165, 1.54) is 0 Å². The summed E-state index contributed by atoms with van der Waals surface area (Å²) in [6.45, 7) is 3.08. The quantitative estimate of drug-likeness (QED) is 0.534. The summed E-state index contributed by atoms with van der Waals surface area (Å²) in [5.74, 6) is 0. The van der Waals surface area contributed by atoms with Crippen molar-refractivity contribution >= 4 is 43.6 Å². The first-order valence-electron chi connectivity index (χ1n) is 8.62. The van der Waals surface area contributed by atoms with Gasteiger partial charge in [0.15, 0.2) is 0 Å². The molecule has 6 heteroatoms. The van der Waals surface area contributed by atoms with E-state index in [9.17, 15) is 4.79 Å². The minimum atomic E-state index is -0.420. The molecule has 1 aliphatic rings. The second-order valence-electron chi connectivity index (χ2n) is 6.67. The highest BCUT2D eigenvalue weighted by molar-refractivity contribution is 9.10. The van der Waals surface area contributed by atoms with Crippen molar-refractivity contribution in [2.45, 2.75) is 31.9 Å². The van der Waals surface area contributed by atoms with E-state index in [1.807, 2.05) is 47.4 Å². The Labute approximate surface area is 164 Å². The molecule has 1 aliphatic heterocycles. The van der Waals surface area contributed by atoms with E-state index in [2.05, 4.69) is 28.9 Å². The van der Waals surface area contributed by atoms with E-state index in [0.717, 1.165) is 38.1 Å². The Morgan fingerprint density at radius 1 is 1.27 bits per heavy atom. The van der Waals surface area contributed by atoms with Crippen molar-refractivity contribution in [3.8, 4) is 0 Å². The Hall–Kier alpha value is -1.92. The maximum Gasteiger partial charge on any atom is 0.410 e. The molecule has 2 heterocycles. The summed E-state index contributed by atoms with van der Waals surface area (Å²) in [5.41, 5.74) is 1.53. The minimum Gasteiger partial charge on any atom is -0.445 e. The molecule has 4 rings (SSSR count). The van der Waals surface area contributed by atoms with Crippen LogP contribution in [0.4, 0.5) is 4.79 Å². The Bertz CT molecular complexity index is 943. The first-order chi connectivity index (χ1) is 12.6. The van der Waals surface area contributed by atoms with E-state index < -0.39 is 5.54 Å². The van der Waals surface area contributed by atoms with Crippen LogP contribution in [-0.4, -0.2) is 22.5 Å². The average Bonchev–Trinajstić information content (AvgIpc) is 3.26. The van der Waals surface area contributed by atoms with Crippen molar-refractivity contribution in [2.75, 3.05) is 6.54 Å². The molecule has 26 heavy (non-hydrogen) atoms. The van der Waals surface area contributed by atoms with Gasteiger partial charge in [0.25, 0.3) is 0 Å². The smallest absolute Gasteiger partial charge is 0.410 e. The fraction of sp³-hybridized carbons (Fsp3) is 0.300. The van der Waals surface area contributed by atoms with Crippen LogP contribution in [-0.2, 0) is 16.9 Å². The summed E-state index contributed by atoms with van der Waals surface area (Å²) in [7, 11) is 0. The van der Waals surface area contributed by atoms with Crippen molar-refractivity contribution in [2.24, 2.45) is 0 Å². The van der Waals surface area contributed by atoms with Crippen LogP contribution in [0.25, 0.3) is 10.2 Å². The summed E-state index contributed by atoms with van der Waals surface area (Å²) in [4.78, 5) is 19.4. The molecule has 2 aromatic carbocycles. The number of halogens is 1. The maximum absolute atomic E-state index is 12.8. The number of hydrogen-bond acceptors (Lipinski definition) is 4.